The number of hydrogen-bond donors (Lipinski definition) is 3. The third kappa shape index (κ3) is 4.28. The summed E-state index contributed by atoms with van der Waals surface area (Å²) in [7, 11) is 0. The van der Waals surface area contributed by atoms with Crippen molar-refractivity contribution in [2.45, 2.75) is 57.5 Å². The molecule has 3 N–H and O–H groups in total. The third-order valence-corrected chi connectivity index (χ3v) is 8.35. The lowest BCUT2D eigenvalue weighted by atomic mass is 9.77. The first-order chi connectivity index (χ1) is 17.4. The maximum Gasteiger partial charge on any atom is 0.268 e. The van der Waals surface area contributed by atoms with Crippen LogP contribution in [0.5, 0.6) is 5.75 Å². The maximum atomic E-state index is 13.6. The summed E-state index contributed by atoms with van der Waals surface area (Å²) in [4.78, 5) is 31.4. The highest BCUT2D eigenvalue weighted by molar-refractivity contribution is 6.02. The molecule has 1 aromatic carbocycles. The molecule has 3 fully saturated rings. The maximum absolute atomic E-state index is 13.6. The molecule has 1 aliphatic heterocycles. The Bertz CT molecular complexity index is 1370. The van der Waals surface area contributed by atoms with Crippen LogP contribution in [0.2, 0.25) is 0 Å². The lowest BCUT2D eigenvalue weighted by molar-refractivity contribution is 0.0873. The van der Waals surface area contributed by atoms with Crippen LogP contribution in [0.3, 0.4) is 0 Å². The van der Waals surface area contributed by atoms with E-state index in [2.05, 4.69) is 15.6 Å². The van der Waals surface area contributed by atoms with Gasteiger partial charge in [0, 0.05) is 24.3 Å². The van der Waals surface area contributed by atoms with E-state index >= 15 is 0 Å². The number of aryl methyl sites for hydroxylation is 1. The first kappa shape index (κ1) is 23.2. The van der Waals surface area contributed by atoms with Crippen molar-refractivity contribution < 1.29 is 14.3 Å². The normalized spacial score (nSPS) is 19.4. The minimum Gasteiger partial charge on any atom is -0.506 e. The van der Waals surface area contributed by atoms with Crippen molar-refractivity contribution in [3.05, 3.63) is 58.3 Å². The Morgan fingerprint density at radius 3 is 2.58 bits per heavy atom. The molecule has 2 saturated carbocycles. The van der Waals surface area contributed by atoms with E-state index in [1.54, 1.807) is 29.0 Å². The van der Waals surface area contributed by atoms with Gasteiger partial charge in [-0.3, -0.25) is 14.2 Å². The number of benzene rings is 1. The van der Waals surface area contributed by atoms with Gasteiger partial charge in [0.15, 0.2) is 0 Å². The molecule has 188 valence electrons. The van der Waals surface area contributed by atoms with Gasteiger partial charge in [0.05, 0.1) is 5.39 Å². The van der Waals surface area contributed by atoms with Crippen molar-refractivity contribution in [2.75, 3.05) is 13.1 Å². The second-order valence-corrected chi connectivity index (χ2v) is 10.8. The van der Waals surface area contributed by atoms with E-state index in [-0.39, 0.29) is 23.2 Å². The fraction of sp³-hybridized carbons (Fsp3) is 0.464. The zero-order valence-corrected chi connectivity index (χ0v) is 20.2. The van der Waals surface area contributed by atoms with Crippen molar-refractivity contribution in [1.82, 2.24) is 20.2 Å². The van der Waals surface area contributed by atoms with Crippen LogP contribution < -0.4 is 16.2 Å². The molecule has 0 radical (unpaired) electrons. The summed E-state index contributed by atoms with van der Waals surface area (Å²) in [6.45, 7) is 2.35. The Balaban J connectivity index is 1.39. The molecule has 1 saturated heterocycles. The smallest absolute Gasteiger partial charge is 0.268 e. The lowest BCUT2D eigenvalue weighted by Gasteiger charge is -2.36. The van der Waals surface area contributed by atoms with Crippen LogP contribution in [0.25, 0.3) is 22.2 Å². The van der Waals surface area contributed by atoms with Gasteiger partial charge in [-0.2, -0.15) is 0 Å². The summed E-state index contributed by atoms with van der Waals surface area (Å²) in [5, 5.41) is 17.9. The largest absolute Gasteiger partial charge is 0.506 e. The van der Waals surface area contributed by atoms with Crippen LogP contribution in [0.15, 0.2) is 41.3 Å². The number of carbonyl (C=O) groups excluding carboxylic acids is 1. The molecule has 0 atom stereocenters. The minimum absolute atomic E-state index is 0.0429. The van der Waals surface area contributed by atoms with Crippen LogP contribution in [0, 0.1) is 17.2 Å². The second kappa shape index (κ2) is 9.00. The van der Waals surface area contributed by atoms with Crippen LogP contribution in [0.1, 0.15) is 55.3 Å². The zero-order chi connectivity index (χ0) is 24.9. The van der Waals surface area contributed by atoms with Gasteiger partial charge >= 0.3 is 0 Å². The minimum atomic E-state index is -0.525. The number of amides is 1. The first-order valence-electron chi connectivity index (χ1n) is 13.0. The van der Waals surface area contributed by atoms with Gasteiger partial charge < -0.3 is 15.7 Å². The van der Waals surface area contributed by atoms with E-state index in [1.165, 1.54) is 25.0 Å². The van der Waals surface area contributed by atoms with E-state index in [0.29, 0.717) is 34.5 Å². The monoisotopic (exact) mass is 490 g/mol. The highest BCUT2D eigenvalue weighted by atomic mass is 19.1. The Labute approximate surface area is 208 Å². The summed E-state index contributed by atoms with van der Waals surface area (Å²) in [5.41, 5.74) is 1.44. The molecule has 2 aliphatic carbocycles. The van der Waals surface area contributed by atoms with Crippen LogP contribution in [-0.2, 0) is 6.54 Å². The van der Waals surface area contributed by atoms with Gasteiger partial charge in [0.2, 0.25) is 0 Å². The van der Waals surface area contributed by atoms with Gasteiger partial charge in [0.1, 0.15) is 22.8 Å². The van der Waals surface area contributed by atoms with Gasteiger partial charge in [-0.05, 0) is 93.1 Å². The number of nitrogens with one attached hydrogen (secondary N) is 2. The molecular weight excluding hydrogens is 459 g/mol. The summed E-state index contributed by atoms with van der Waals surface area (Å²) >= 11 is 0. The van der Waals surface area contributed by atoms with E-state index in [0.717, 1.165) is 50.8 Å². The van der Waals surface area contributed by atoms with E-state index in [9.17, 15) is 19.1 Å². The molecule has 2 aromatic heterocycles. The number of nitrogens with zero attached hydrogens (tertiary/aromatic N) is 2. The number of piperidine rings is 1. The van der Waals surface area contributed by atoms with Crippen LogP contribution in [0.4, 0.5) is 4.39 Å². The average molecular weight is 491 g/mol. The van der Waals surface area contributed by atoms with Crippen molar-refractivity contribution in [3.8, 4) is 16.9 Å². The molecule has 36 heavy (non-hydrogen) atoms. The van der Waals surface area contributed by atoms with Crippen molar-refractivity contribution in [1.29, 1.82) is 0 Å². The quantitative estimate of drug-likeness (QED) is 0.486. The molecule has 3 heterocycles. The lowest BCUT2D eigenvalue weighted by Crippen LogP contribution is -2.47. The van der Waals surface area contributed by atoms with E-state index in [4.69, 9.17) is 0 Å². The van der Waals surface area contributed by atoms with Crippen molar-refractivity contribution >= 4 is 16.9 Å². The Morgan fingerprint density at radius 1 is 1.17 bits per heavy atom. The highest BCUT2D eigenvalue weighted by Gasteiger charge is 2.53. The molecule has 3 aromatic rings. The summed E-state index contributed by atoms with van der Waals surface area (Å²) in [6.07, 6.45) is 8.81. The van der Waals surface area contributed by atoms with Gasteiger partial charge in [-0.15, -0.1) is 0 Å². The number of halogens is 1. The topological polar surface area (TPSA) is 96.2 Å². The van der Waals surface area contributed by atoms with Crippen molar-refractivity contribution in [3.63, 3.8) is 0 Å². The Kier molecular flexibility index (Phi) is 5.79. The predicted octanol–water partition coefficient (Wildman–Crippen LogP) is 3.97. The first-order valence-corrected chi connectivity index (χ1v) is 13.0. The van der Waals surface area contributed by atoms with Gasteiger partial charge in [-0.1, -0.05) is 12.1 Å². The fourth-order valence-electron chi connectivity index (χ4n) is 5.94. The highest BCUT2D eigenvalue weighted by Crippen LogP contribution is 2.60. The summed E-state index contributed by atoms with van der Waals surface area (Å²) in [6, 6.07) is 7.78. The van der Waals surface area contributed by atoms with E-state index < -0.39 is 11.5 Å². The predicted molar refractivity (Wildman–Crippen MR) is 135 cm³/mol. The van der Waals surface area contributed by atoms with Crippen LogP contribution in [-0.4, -0.2) is 39.7 Å². The molecule has 8 heteroatoms. The fourth-order valence-corrected chi connectivity index (χ4v) is 5.94. The van der Waals surface area contributed by atoms with Crippen LogP contribution >= 0.6 is 0 Å². The third-order valence-electron chi connectivity index (χ3n) is 8.35. The number of pyridine rings is 2. The molecular formula is C28H31FN4O3. The number of aromatic nitrogens is 2. The number of fused-ring (bicyclic) bond motifs is 1. The number of carbonyl (C=O) groups is 1. The number of aromatic hydroxyl groups is 1. The zero-order valence-electron chi connectivity index (χ0n) is 20.2. The number of hydrogen-bond acceptors (Lipinski definition) is 5. The van der Waals surface area contributed by atoms with Gasteiger partial charge in [-0.25, -0.2) is 9.37 Å². The SMILES string of the molecule is O=C(NC1CC2(CC2)C1)c1c(O)c2cc(-c3ccc(F)cc3)cnc2n(CCC2CCNCC2)c1=O. The molecule has 7 nitrogen and oxygen atoms in total. The van der Waals surface area contributed by atoms with Crippen molar-refractivity contribution in [2.24, 2.45) is 11.3 Å². The molecule has 1 spiro atoms. The van der Waals surface area contributed by atoms with Gasteiger partial charge in [0.25, 0.3) is 11.5 Å². The summed E-state index contributed by atoms with van der Waals surface area (Å²) < 4.78 is 15.0. The molecule has 6 rings (SSSR count). The standard InChI is InChI=1S/C28H31FN4O3/c29-20-3-1-18(2-4-20)19-13-22-24(34)23(26(35)32-21-14-28(15-21)8-9-28)27(36)33(25(22)31-16-19)12-7-17-5-10-30-11-6-17/h1-4,13,16-17,21,30,34H,5-12,14-15H2,(H,32,35). The average Bonchev–Trinajstić information content (AvgIpc) is 3.66. The Hall–Kier alpha value is -3.26. The second-order valence-electron chi connectivity index (χ2n) is 10.8. The summed E-state index contributed by atoms with van der Waals surface area (Å²) in [5.74, 6) is -0.724. The molecule has 1 amide bonds. The molecule has 0 bridgehead atoms. The molecule has 0 unspecified atom stereocenters. The number of rotatable bonds is 6. The molecule has 3 aliphatic rings. The Morgan fingerprint density at radius 2 is 1.89 bits per heavy atom. The van der Waals surface area contributed by atoms with E-state index in [1.807, 2.05) is 0 Å².